The average Bonchev–Trinajstić information content (AvgIpc) is 3.04. The summed E-state index contributed by atoms with van der Waals surface area (Å²) in [7, 11) is 0. The van der Waals surface area contributed by atoms with E-state index >= 15 is 0 Å². The van der Waals surface area contributed by atoms with Gasteiger partial charge in [-0.25, -0.2) is 0 Å². The van der Waals surface area contributed by atoms with Gasteiger partial charge in [0.1, 0.15) is 0 Å². The maximum Gasteiger partial charge on any atom is 0.224 e. The molecule has 3 rings (SSSR count). The summed E-state index contributed by atoms with van der Waals surface area (Å²) in [5.74, 6) is 0.632. The van der Waals surface area contributed by atoms with Crippen molar-refractivity contribution in [2.45, 2.75) is 26.3 Å². The molecule has 4 heteroatoms. The number of benzene rings is 1. The summed E-state index contributed by atoms with van der Waals surface area (Å²) in [6, 6.07) is 12.4. The van der Waals surface area contributed by atoms with Gasteiger partial charge in [0.15, 0.2) is 0 Å². The molecule has 1 aromatic carbocycles. The Balaban J connectivity index is 1.41. The van der Waals surface area contributed by atoms with E-state index < -0.39 is 0 Å². The summed E-state index contributed by atoms with van der Waals surface area (Å²) < 4.78 is 0. The fraction of sp³-hybridized carbons (Fsp3) is 0.400. The molecule has 0 aliphatic carbocycles. The standard InChI is InChI=1S/C20H25N3O/c1-16-5-2-3-7-19(16)15-23-10-8-18(14-23)13-22-20(24)11-17-6-4-9-21-12-17/h2-7,9,12,18H,8,10-11,13-15H2,1H3,(H,22,24)/t18-/m1/s1. The van der Waals surface area contributed by atoms with Crippen molar-refractivity contribution in [3.8, 4) is 0 Å². The number of pyridine rings is 1. The van der Waals surface area contributed by atoms with Gasteiger partial charge in [-0.3, -0.25) is 14.7 Å². The zero-order chi connectivity index (χ0) is 16.8. The predicted octanol–water partition coefficient (Wildman–Crippen LogP) is 2.57. The van der Waals surface area contributed by atoms with Crippen LogP contribution in [0, 0.1) is 12.8 Å². The number of nitrogens with one attached hydrogen (secondary N) is 1. The molecule has 24 heavy (non-hydrogen) atoms. The third-order valence-electron chi connectivity index (χ3n) is 4.70. The molecule has 2 aromatic rings. The Labute approximate surface area is 143 Å². The van der Waals surface area contributed by atoms with Crippen LogP contribution in [0.5, 0.6) is 0 Å². The molecule has 1 saturated heterocycles. The lowest BCUT2D eigenvalue weighted by molar-refractivity contribution is -0.120. The minimum absolute atomic E-state index is 0.0837. The van der Waals surface area contributed by atoms with Crippen LogP contribution in [-0.4, -0.2) is 35.4 Å². The normalized spacial score (nSPS) is 17.8. The number of hydrogen-bond donors (Lipinski definition) is 1. The number of rotatable bonds is 6. The van der Waals surface area contributed by atoms with Crippen molar-refractivity contribution >= 4 is 5.91 Å². The fourth-order valence-corrected chi connectivity index (χ4v) is 3.26. The van der Waals surface area contributed by atoms with Gasteiger partial charge in [-0.2, -0.15) is 0 Å². The summed E-state index contributed by atoms with van der Waals surface area (Å²) in [5, 5.41) is 3.08. The van der Waals surface area contributed by atoms with Crippen LogP contribution in [0.2, 0.25) is 0 Å². The van der Waals surface area contributed by atoms with Gasteiger partial charge in [-0.15, -0.1) is 0 Å². The zero-order valence-corrected chi connectivity index (χ0v) is 14.2. The second kappa shape index (κ2) is 8.06. The van der Waals surface area contributed by atoms with Crippen LogP contribution in [0.3, 0.4) is 0 Å². The van der Waals surface area contributed by atoms with E-state index in [4.69, 9.17) is 0 Å². The summed E-state index contributed by atoms with van der Waals surface area (Å²) in [5.41, 5.74) is 3.71. The molecule has 1 amide bonds. The van der Waals surface area contributed by atoms with Crippen LogP contribution in [0.15, 0.2) is 48.8 Å². The minimum atomic E-state index is 0.0837. The second-order valence-corrected chi connectivity index (χ2v) is 6.66. The van der Waals surface area contributed by atoms with Crippen LogP contribution in [-0.2, 0) is 17.8 Å². The molecule has 1 atom stereocenters. The summed E-state index contributed by atoms with van der Waals surface area (Å²) >= 11 is 0. The summed E-state index contributed by atoms with van der Waals surface area (Å²) in [6.07, 6.45) is 5.04. The Morgan fingerprint density at radius 2 is 2.17 bits per heavy atom. The number of nitrogens with zero attached hydrogens (tertiary/aromatic N) is 2. The molecule has 0 spiro atoms. The molecule has 0 radical (unpaired) electrons. The molecule has 1 N–H and O–H groups in total. The average molecular weight is 323 g/mol. The highest BCUT2D eigenvalue weighted by atomic mass is 16.1. The Hall–Kier alpha value is -2.20. The Morgan fingerprint density at radius 3 is 2.96 bits per heavy atom. The second-order valence-electron chi connectivity index (χ2n) is 6.66. The van der Waals surface area contributed by atoms with Crippen molar-refractivity contribution in [2.75, 3.05) is 19.6 Å². The molecule has 1 fully saturated rings. The molecular weight excluding hydrogens is 298 g/mol. The van der Waals surface area contributed by atoms with Gasteiger partial charge in [-0.1, -0.05) is 30.3 Å². The van der Waals surface area contributed by atoms with E-state index in [0.717, 1.165) is 38.2 Å². The third kappa shape index (κ3) is 4.65. The predicted molar refractivity (Wildman–Crippen MR) is 95.5 cm³/mol. The van der Waals surface area contributed by atoms with Crippen LogP contribution < -0.4 is 5.32 Å². The first-order valence-corrected chi connectivity index (χ1v) is 8.63. The fourth-order valence-electron chi connectivity index (χ4n) is 3.26. The largest absolute Gasteiger partial charge is 0.355 e. The number of aryl methyl sites for hydroxylation is 1. The van der Waals surface area contributed by atoms with Crippen molar-refractivity contribution in [1.82, 2.24) is 15.2 Å². The number of hydrogen-bond acceptors (Lipinski definition) is 3. The number of likely N-dealkylation sites (tertiary alicyclic amines) is 1. The Kier molecular flexibility index (Phi) is 5.59. The van der Waals surface area contributed by atoms with Crippen LogP contribution in [0.25, 0.3) is 0 Å². The van der Waals surface area contributed by atoms with E-state index in [1.165, 1.54) is 11.1 Å². The van der Waals surface area contributed by atoms with Crippen LogP contribution in [0.4, 0.5) is 0 Å². The van der Waals surface area contributed by atoms with E-state index in [1.54, 1.807) is 12.4 Å². The highest BCUT2D eigenvalue weighted by Gasteiger charge is 2.23. The minimum Gasteiger partial charge on any atom is -0.355 e. The highest BCUT2D eigenvalue weighted by molar-refractivity contribution is 5.78. The number of aromatic nitrogens is 1. The number of carbonyl (C=O) groups is 1. The lowest BCUT2D eigenvalue weighted by Crippen LogP contribution is -2.32. The molecule has 4 nitrogen and oxygen atoms in total. The number of amides is 1. The van der Waals surface area contributed by atoms with Gasteiger partial charge in [0.05, 0.1) is 6.42 Å². The maximum absolute atomic E-state index is 12.0. The summed E-state index contributed by atoms with van der Waals surface area (Å²) in [4.78, 5) is 18.6. The Morgan fingerprint density at radius 1 is 1.29 bits per heavy atom. The van der Waals surface area contributed by atoms with E-state index in [2.05, 4.69) is 46.4 Å². The van der Waals surface area contributed by atoms with Crippen molar-refractivity contribution in [3.63, 3.8) is 0 Å². The van der Waals surface area contributed by atoms with Crippen molar-refractivity contribution in [3.05, 3.63) is 65.5 Å². The van der Waals surface area contributed by atoms with Gasteiger partial charge in [0, 0.05) is 32.0 Å². The number of carbonyl (C=O) groups excluding carboxylic acids is 1. The van der Waals surface area contributed by atoms with Crippen molar-refractivity contribution in [1.29, 1.82) is 0 Å². The topological polar surface area (TPSA) is 45.2 Å². The monoisotopic (exact) mass is 323 g/mol. The van der Waals surface area contributed by atoms with Crippen LogP contribution in [0.1, 0.15) is 23.1 Å². The van der Waals surface area contributed by atoms with Crippen molar-refractivity contribution in [2.24, 2.45) is 5.92 Å². The molecule has 0 bridgehead atoms. The zero-order valence-electron chi connectivity index (χ0n) is 14.2. The highest BCUT2D eigenvalue weighted by Crippen LogP contribution is 2.19. The molecule has 1 aliphatic heterocycles. The van der Waals surface area contributed by atoms with E-state index in [9.17, 15) is 4.79 Å². The van der Waals surface area contributed by atoms with Crippen LogP contribution >= 0.6 is 0 Å². The van der Waals surface area contributed by atoms with Crippen molar-refractivity contribution < 1.29 is 4.79 Å². The third-order valence-corrected chi connectivity index (χ3v) is 4.70. The Bertz CT molecular complexity index is 672. The first-order valence-electron chi connectivity index (χ1n) is 8.63. The maximum atomic E-state index is 12.0. The molecule has 1 aliphatic rings. The molecule has 0 saturated carbocycles. The van der Waals surface area contributed by atoms with Gasteiger partial charge in [-0.05, 0) is 48.6 Å². The SMILES string of the molecule is Cc1ccccc1CN1CC[C@H](CNC(=O)Cc2cccnc2)C1. The van der Waals surface area contributed by atoms with Gasteiger partial charge >= 0.3 is 0 Å². The molecular formula is C20H25N3O. The lowest BCUT2D eigenvalue weighted by Gasteiger charge is -2.17. The smallest absolute Gasteiger partial charge is 0.224 e. The van der Waals surface area contributed by atoms with Gasteiger partial charge in [0.2, 0.25) is 5.91 Å². The quantitative estimate of drug-likeness (QED) is 0.889. The lowest BCUT2D eigenvalue weighted by atomic mass is 10.1. The van der Waals surface area contributed by atoms with E-state index in [-0.39, 0.29) is 5.91 Å². The van der Waals surface area contributed by atoms with Gasteiger partial charge < -0.3 is 5.32 Å². The first-order chi connectivity index (χ1) is 11.7. The molecule has 0 unspecified atom stereocenters. The van der Waals surface area contributed by atoms with E-state index in [0.29, 0.717) is 12.3 Å². The molecule has 2 heterocycles. The van der Waals surface area contributed by atoms with Gasteiger partial charge in [0.25, 0.3) is 0 Å². The molecule has 126 valence electrons. The van der Waals surface area contributed by atoms with E-state index in [1.807, 2.05) is 12.1 Å². The molecule has 1 aromatic heterocycles. The first kappa shape index (κ1) is 16.7. The summed E-state index contributed by atoms with van der Waals surface area (Å²) in [6.45, 7) is 6.11.